The summed E-state index contributed by atoms with van der Waals surface area (Å²) in [7, 11) is 0. The third-order valence-corrected chi connectivity index (χ3v) is 5.54. The summed E-state index contributed by atoms with van der Waals surface area (Å²) in [4.78, 5) is 12.6. The Morgan fingerprint density at radius 1 is 1.00 bits per heavy atom. The van der Waals surface area contributed by atoms with Crippen molar-refractivity contribution in [2.75, 3.05) is 0 Å². The lowest BCUT2D eigenvalue weighted by atomic mass is 9.78. The molecule has 2 nitrogen and oxygen atoms in total. The first-order valence-corrected chi connectivity index (χ1v) is 8.04. The summed E-state index contributed by atoms with van der Waals surface area (Å²) in [6, 6.07) is 0.863. The number of ketones is 1. The normalized spacial score (nSPS) is 44.6. The SMILES string of the molecule is CC1CCCC(C(=O)C2CC3CCCCC3N2)C1. The molecular weight excluding hydrogens is 222 g/mol. The van der Waals surface area contributed by atoms with Gasteiger partial charge < -0.3 is 5.32 Å². The Morgan fingerprint density at radius 3 is 2.61 bits per heavy atom. The molecule has 2 heteroatoms. The van der Waals surface area contributed by atoms with E-state index in [0.717, 1.165) is 31.1 Å². The summed E-state index contributed by atoms with van der Waals surface area (Å²) in [5, 5.41) is 3.66. The van der Waals surface area contributed by atoms with Crippen molar-refractivity contribution in [3.05, 3.63) is 0 Å². The zero-order valence-corrected chi connectivity index (χ0v) is 11.7. The van der Waals surface area contributed by atoms with Gasteiger partial charge in [0, 0.05) is 12.0 Å². The quantitative estimate of drug-likeness (QED) is 0.813. The van der Waals surface area contributed by atoms with Crippen molar-refractivity contribution in [1.29, 1.82) is 0 Å². The van der Waals surface area contributed by atoms with Gasteiger partial charge in [-0.3, -0.25) is 4.79 Å². The van der Waals surface area contributed by atoms with E-state index in [2.05, 4.69) is 12.2 Å². The van der Waals surface area contributed by atoms with E-state index < -0.39 is 0 Å². The molecule has 1 N–H and O–H groups in total. The van der Waals surface area contributed by atoms with Gasteiger partial charge in [-0.05, 0) is 43.9 Å². The summed E-state index contributed by atoms with van der Waals surface area (Å²) in [6.07, 6.45) is 11.4. The third kappa shape index (κ3) is 2.49. The van der Waals surface area contributed by atoms with E-state index in [-0.39, 0.29) is 6.04 Å². The van der Waals surface area contributed by atoms with Crippen LogP contribution >= 0.6 is 0 Å². The Labute approximate surface area is 111 Å². The first-order valence-electron chi connectivity index (χ1n) is 8.04. The third-order valence-electron chi connectivity index (χ3n) is 5.54. The Kier molecular flexibility index (Phi) is 3.74. The molecular formula is C16H27NO. The Hall–Kier alpha value is -0.370. The van der Waals surface area contributed by atoms with Crippen LogP contribution in [0.5, 0.6) is 0 Å². The summed E-state index contributed by atoms with van der Waals surface area (Å²) < 4.78 is 0. The van der Waals surface area contributed by atoms with Crippen molar-refractivity contribution in [2.24, 2.45) is 17.8 Å². The van der Waals surface area contributed by atoms with Gasteiger partial charge in [-0.25, -0.2) is 0 Å². The number of fused-ring (bicyclic) bond motifs is 1. The average molecular weight is 249 g/mol. The van der Waals surface area contributed by atoms with Gasteiger partial charge in [0.1, 0.15) is 0 Å². The van der Waals surface area contributed by atoms with Gasteiger partial charge in [-0.15, -0.1) is 0 Å². The summed E-state index contributed by atoms with van der Waals surface area (Å²) in [6.45, 7) is 2.31. The lowest BCUT2D eigenvalue weighted by Gasteiger charge is -2.27. The largest absolute Gasteiger partial charge is 0.304 e. The summed E-state index contributed by atoms with van der Waals surface area (Å²) in [5.74, 6) is 2.48. The van der Waals surface area contributed by atoms with Crippen molar-refractivity contribution in [3.63, 3.8) is 0 Å². The van der Waals surface area contributed by atoms with Gasteiger partial charge >= 0.3 is 0 Å². The number of Topliss-reactive ketones (excluding diaryl/α,β-unsaturated/α-hetero) is 1. The van der Waals surface area contributed by atoms with Crippen molar-refractivity contribution < 1.29 is 4.79 Å². The zero-order valence-electron chi connectivity index (χ0n) is 11.7. The highest BCUT2D eigenvalue weighted by Gasteiger charge is 2.40. The molecule has 0 amide bonds. The number of rotatable bonds is 2. The Bertz CT molecular complexity index is 300. The molecule has 5 atom stereocenters. The topological polar surface area (TPSA) is 29.1 Å². The highest BCUT2D eigenvalue weighted by molar-refractivity contribution is 5.86. The average Bonchev–Trinajstić information content (AvgIpc) is 2.81. The second kappa shape index (κ2) is 5.32. The fraction of sp³-hybridized carbons (Fsp3) is 0.938. The molecule has 1 heterocycles. The second-order valence-electron chi connectivity index (χ2n) is 6.98. The zero-order chi connectivity index (χ0) is 12.5. The van der Waals surface area contributed by atoms with Crippen LogP contribution in [-0.2, 0) is 4.79 Å². The van der Waals surface area contributed by atoms with Crippen LogP contribution in [-0.4, -0.2) is 17.9 Å². The van der Waals surface area contributed by atoms with Crippen LogP contribution in [0.1, 0.15) is 64.7 Å². The number of hydrogen-bond donors (Lipinski definition) is 1. The van der Waals surface area contributed by atoms with E-state index in [1.807, 2.05) is 0 Å². The predicted molar refractivity (Wildman–Crippen MR) is 73.4 cm³/mol. The van der Waals surface area contributed by atoms with E-state index in [4.69, 9.17) is 0 Å². The lowest BCUT2D eigenvalue weighted by Crippen LogP contribution is -2.40. The van der Waals surface area contributed by atoms with Crippen LogP contribution in [0.4, 0.5) is 0 Å². The van der Waals surface area contributed by atoms with E-state index in [1.54, 1.807) is 0 Å². The highest BCUT2D eigenvalue weighted by Crippen LogP contribution is 2.36. The van der Waals surface area contributed by atoms with Gasteiger partial charge in [0.05, 0.1) is 6.04 Å². The van der Waals surface area contributed by atoms with Gasteiger partial charge in [0.25, 0.3) is 0 Å². The van der Waals surface area contributed by atoms with Crippen LogP contribution in [0.3, 0.4) is 0 Å². The van der Waals surface area contributed by atoms with Crippen LogP contribution in [0.25, 0.3) is 0 Å². The van der Waals surface area contributed by atoms with Gasteiger partial charge in [0.2, 0.25) is 0 Å². The standard InChI is InChI=1S/C16H27NO/c1-11-5-4-7-13(9-11)16(18)15-10-12-6-2-3-8-14(12)17-15/h11-15,17H,2-10H2,1H3. The minimum atomic E-state index is 0.202. The molecule has 1 saturated heterocycles. The van der Waals surface area contributed by atoms with Crippen LogP contribution in [0.15, 0.2) is 0 Å². The van der Waals surface area contributed by atoms with Crippen molar-refractivity contribution in [1.82, 2.24) is 5.32 Å². The van der Waals surface area contributed by atoms with Gasteiger partial charge in [-0.1, -0.05) is 32.6 Å². The smallest absolute Gasteiger partial charge is 0.152 e. The maximum absolute atomic E-state index is 12.6. The minimum Gasteiger partial charge on any atom is -0.304 e. The summed E-state index contributed by atoms with van der Waals surface area (Å²) in [5.41, 5.74) is 0. The molecule has 102 valence electrons. The molecule has 0 bridgehead atoms. The van der Waals surface area contributed by atoms with Crippen molar-refractivity contribution >= 4 is 5.78 Å². The van der Waals surface area contributed by atoms with E-state index >= 15 is 0 Å². The predicted octanol–water partition coefficient (Wildman–Crippen LogP) is 3.30. The number of carbonyl (C=O) groups is 1. The molecule has 1 aliphatic heterocycles. The molecule has 0 spiro atoms. The number of hydrogen-bond acceptors (Lipinski definition) is 2. The van der Waals surface area contributed by atoms with Crippen molar-refractivity contribution in [3.8, 4) is 0 Å². The molecule has 2 aliphatic carbocycles. The lowest BCUT2D eigenvalue weighted by molar-refractivity contribution is -0.126. The molecule has 0 aromatic carbocycles. The molecule has 3 fully saturated rings. The van der Waals surface area contributed by atoms with E-state index in [9.17, 15) is 4.79 Å². The van der Waals surface area contributed by atoms with Crippen LogP contribution in [0, 0.1) is 17.8 Å². The number of nitrogens with one attached hydrogen (secondary N) is 1. The molecule has 3 rings (SSSR count). The minimum absolute atomic E-state index is 0.202. The summed E-state index contributed by atoms with van der Waals surface area (Å²) >= 11 is 0. The van der Waals surface area contributed by atoms with Crippen LogP contribution in [0.2, 0.25) is 0 Å². The first-order chi connectivity index (χ1) is 8.74. The molecule has 5 unspecified atom stereocenters. The molecule has 0 aromatic heterocycles. The fourth-order valence-corrected chi connectivity index (χ4v) is 4.51. The molecule has 18 heavy (non-hydrogen) atoms. The second-order valence-corrected chi connectivity index (χ2v) is 6.98. The molecule has 0 radical (unpaired) electrons. The van der Waals surface area contributed by atoms with Crippen LogP contribution < -0.4 is 5.32 Å². The Morgan fingerprint density at radius 2 is 1.83 bits per heavy atom. The highest BCUT2D eigenvalue weighted by atomic mass is 16.1. The maximum Gasteiger partial charge on any atom is 0.152 e. The molecule has 2 saturated carbocycles. The number of carbonyl (C=O) groups excluding carboxylic acids is 1. The van der Waals surface area contributed by atoms with Gasteiger partial charge in [0.15, 0.2) is 5.78 Å². The maximum atomic E-state index is 12.6. The van der Waals surface area contributed by atoms with E-state index in [1.165, 1.54) is 38.5 Å². The molecule has 3 aliphatic rings. The van der Waals surface area contributed by atoms with Crippen molar-refractivity contribution in [2.45, 2.75) is 76.8 Å². The fourth-order valence-electron chi connectivity index (χ4n) is 4.51. The van der Waals surface area contributed by atoms with Gasteiger partial charge in [-0.2, -0.15) is 0 Å². The first kappa shape index (κ1) is 12.7. The Balaban J connectivity index is 1.59. The molecule has 0 aromatic rings. The van der Waals surface area contributed by atoms with E-state index in [0.29, 0.717) is 17.7 Å². The monoisotopic (exact) mass is 249 g/mol.